The minimum atomic E-state index is -3.03. The van der Waals surface area contributed by atoms with Gasteiger partial charge in [-0.2, -0.15) is 0 Å². The Hall–Kier alpha value is -1.31. The van der Waals surface area contributed by atoms with Crippen LogP contribution in [0, 0.1) is 0 Å². The quantitative estimate of drug-likeness (QED) is 0.742. The molecule has 1 heterocycles. The summed E-state index contributed by atoms with van der Waals surface area (Å²) in [5, 5.41) is 11.3. The molecule has 1 unspecified atom stereocenters. The van der Waals surface area contributed by atoms with Gasteiger partial charge in [-0.05, 0) is 26.7 Å². The van der Waals surface area contributed by atoms with Gasteiger partial charge in [0.1, 0.15) is 0 Å². The van der Waals surface area contributed by atoms with Crippen molar-refractivity contribution in [3.05, 3.63) is 0 Å². The van der Waals surface area contributed by atoms with Gasteiger partial charge in [-0.15, -0.1) is 0 Å². The second-order valence-corrected chi connectivity index (χ2v) is 7.56. The van der Waals surface area contributed by atoms with Gasteiger partial charge in [0.25, 0.3) is 0 Å². The standard InChI is InChI=1S/C12H22N2O5S/c1-9(2)14(6-3-4-11(15)16)12(17)13-10-5-7-20(18,19)8-10/h9-10H,3-8H2,1-2H3,(H,13,17)(H,15,16). The van der Waals surface area contributed by atoms with Crippen LogP contribution in [0.5, 0.6) is 0 Å². The van der Waals surface area contributed by atoms with Crippen LogP contribution in [0.2, 0.25) is 0 Å². The van der Waals surface area contributed by atoms with E-state index in [-0.39, 0.29) is 36.0 Å². The normalized spacial score (nSPS) is 20.9. The Bertz CT molecular complexity index is 460. The maximum Gasteiger partial charge on any atom is 0.317 e. The molecule has 1 aliphatic rings. The highest BCUT2D eigenvalue weighted by Crippen LogP contribution is 2.12. The molecule has 0 aromatic carbocycles. The molecule has 0 aliphatic carbocycles. The van der Waals surface area contributed by atoms with Gasteiger partial charge in [-0.25, -0.2) is 13.2 Å². The van der Waals surface area contributed by atoms with Crippen molar-refractivity contribution in [1.82, 2.24) is 10.2 Å². The lowest BCUT2D eigenvalue weighted by molar-refractivity contribution is -0.137. The summed E-state index contributed by atoms with van der Waals surface area (Å²) in [6.07, 6.45) is 0.827. The third-order valence-corrected chi connectivity index (χ3v) is 5.00. The molecule has 1 aliphatic heterocycles. The van der Waals surface area contributed by atoms with Crippen LogP contribution in [0.1, 0.15) is 33.1 Å². The summed E-state index contributed by atoms with van der Waals surface area (Å²) in [5.41, 5.74) is 0. The van der Waals surface area contributed by atoms with E-state index in [1.165, 1.54) is 4.90 Å². The van der Waals surface area contributed by atoms with Gasteiger partial charge in [-0.3, -0.25) is 4.79 Å². The Kier molecular flexibility index (Phi) is 5.79. The predicted octanol–water partition coefficient (Wildman–Crippen LogP) is 0.458. The van der Waals surface area contributed by atoms with Crippen molar-refractivity contribution in [2.75, 3.05) is 18.1 Å². The molecule has 116 valence electrons. The van der Waals surface area contributed by atoms with Crippen LogP contribution >= 0.6 is 0 Å². The number of urea groups is 1. The van der Waals surface area contributed by atoms with E-state index in [0.29, 0.717) is 19.4 Å². The smallest absolute Gasteiger partial charge is 0.317 e. The zero-order chi connectivity index (χ0) is 15.3. The van der Waals surface area contributed by atoms with Gasteiger partial charge in [-0.1, -0.05) is 0 Å². The van der Waals surface area contributed by atoms with Crippen molar-refractivity contribution < 1.29 is 23.1 Å². The van der Waals surface area contributed by atoms with Crippen LogP contribution in [0.4, 0.5) is 4.79 Å². The van der Waals surface area contributed by atoms with Crippen LogP contribution in [0.25, 0.3) is 0 Å². The lowest BCUT2D eigenvalue weighted by atomic mass is 10.2. The van der Waals surface area contributed by atoms with E-state index < -0.39 is 15.8 Å². The number of carboxylic acid groups (broad SMARTS) is 1. The first-order valence-electron chi connectivity index (χ1n) is 6.70. The zero-order valence-corrected chi connectivity index (χ0v) is 12.6. The number of carbonyl (C=O) groups excluding carboxylic acids is 1. The topological polar surface area (TPSA) is 104 Å². The third-order valence-electron chi connectivity index (χ3n) is 3.23. The predicted molar refractivity (Wildman–Crippen MR) is 74.3 cm³/mol. The van der Waals surface area contributed by atoms with Gasteiger partial charge >= 0.3 is 12.0 Å². The molecule has 2 amide bonds. The summed E-state index contributed by atoms with van der Waals surface area (Å²) in [7, 11) is -3.03. The number of carbonyl (C=O) groups is 2. The molecule has 0 spiro atoms. The van der Waals surface area contributed by atoms with E-state index in [2.05, 4.69) is 5.32 Å². The van der Waals surface area contributed by atoms with Gasteiger partial charge in [0.15, 0.2) is 9.84 Å². The average molecular weight is 306 g/mol. The molecule has 7 nitrogen and oxygen atoms in total. The first kappa shape index (κ1) is 16.7. The average Bonchev–Trinajstić information content (AvgIpc) is 2.63. The maximum absolute atomic E-state index is 12.1. The largest absolute Gasteiger partial charge is 0.481 e. The zero-order valence-electron chi connectivity index (χ0n) is 11.8. The molecule has 1 saturated heterocycles. The summed E-state index contributed by atoms with van der Waals surface area (Å²) >= 11 is 0. The fraction of sp³-hybridized carbons (Fsp3) is 0.833. The van der Waals surface area contributed by atoms with E-state index >= 15 is 0 Å². The number of nitrogens with zero attached hydrogens (tertiary/aromatic N) is 1. The van der Waals surface area contributed by atoms with Crippen LogP contribution in [-0.4, -0.2) is 60.6 Å². The number of sulfone groups is 1. The van der Waals surface area contributed by atoms with Gasteiger partial charge in [0.2, 0.25) is 0 Å². The minimum absolute atomic E-state index is 0.00824. The van der Waals surface area contributed by atoms with Crippen LogP contribution in [0.3, 0.4) is 0 Å². The number of hydrogen-bond acceptors (Lipinski definition) is 4. The molecule has 1 fully saturated rings. The molecular weight excluding hydrogens is 284 g/mol. The van der Waals surface area contributed by atoms with Crippen molar-refractivity contribution in [2.45, 2.75) is 45.2 Å². The van der Waals surface area contributed by atoms with Crippen LogP contribution in [0.15, 0.2) is 0 Å². The monoisotopic (exact) mass is 306 g/mol. The van der Waals surface area contributed by atoms with Crippen LogP contribution < -0.4 is 5.32 Å². The highest BCUT2D eigenvalue weighted by Gasteiger charge is 2.30. The number of aliphatic carboxylic acids is 1. The molecular formula is C12H22N2O5S. The van der Waals surface area contributed by atoms with Crippen molar-refractivity contribution in [2.24, 2.45) is 0 Å². The highest BCUT2D eigenvalue weighted by molar-refractivity contribution is 7.91. The molecule has 0 aromatic heterocycles. The maximum atomic E-state index is 12.1. The first-order chi connectivity index (χ1) is 9.21. The molecule has 0 saturated carbocycles. The van der Waals surface area contributed by atoms with E-state index in [1.54, 1.807) is 0 Å². The lowest BCUT2D eigenvalue weighted by Gasteiger charge is -2.28. The van der Waals surface area contributed by atoms with Crippen LogP contribution in [-0.2, 0) is 14.6 Å². The Balaban J connectivity index is 2.50. The molecule has 8 heteroatoms. The number of rotatable bonds is 6. The van der Waals surface area contributed by atoms with E-state index in [4.69, 9.17) is 5.11 Å². The fourth-order valence-electron chi connectivity index (χ4n) is 2.16. The summed E-state index contributed by atoms with van der Waals surface area (Å²) in [5.74, 6) is -0.797. The number of nitrogens with one attached hydrogen (secondary N) is 1. The van der Waals surface area contributed by atoms with Crippen molar-refractivity contribution in [1.29, 1.82) is 0 Å². The van der Waals surface area contributed by atoms with Crippen molar-refractivity contribution in [3.63, 3.8) is 0 Å². The van der Waals surface area contributed by atoms with Gasteiger partial charge in [0, 0.05) is 25.0 Å². The van der Waals surface area contributed by atoms with E-state index in [0.717, 1.165) is 0 Å². The Morgan fingerprint density at radius 3 is 2.50 bits per heavy atom. The summed E-state index contributed by atoms with van der Waals surface area (Å²) in [4.78, 5) is 24.1. The second kappa shape index (κ2) is 6.92. The van der Waals surface area contributed by atoms with E-state index in [1.807, 2.05) is 13.8 Å². The summed E-state index contributed by atoms with van der Waals surface area (Å²) in [6, 6.07) is -0.734. The van der Waals surface area contributed by atoms with Gasteiger partial charge in [0.05, 0.1) is 11.5 Å². The lowest BCUT2D eigenvalue weighted by Crippen LogP contribution is -2.48. The van der Waals surface area contributed by atoms with Crippen molar-refractivity contribution >= 4 is 21.8 Å². The minimum Gasteiger partial charge on any atom is -0.481 e. The number of carboxylic acids is 1. The molecule has 1 rings (SSSR count). The molecule has 0 bridgehead atoms. The number of amides is 2. The Morgan fingerprint density at radius 1 is 1.40 bits per heavy atom. The summed E-state index contributed by atoms with van der Waals surface area (Å²) in [6.45, 7) is 4.02. The van der Waals surface area contributed by atoms with Crippen molar-refractivity contribution in [3.8, 4) is 0 Å². The van der Waals surface area contributed by atoms with Gasteiger partial charge < -0.3 is 15.3 Å². The SMILES string of the molecule is CC(C)N(CCCC(=O)O)C(=O)NC1CCS(=O)(=O)C1. The highest BCUT2D eigenvalue weighted by atomic mass is 32.2. The first-order valence-corrected chi connectivity index (χ1v) is 8.53. The van der Waals surface area contributed by atoms with E-state index in [9.17, 15) is 18.0 Å². The Morgan fingerprint density at radius 2 is 2.05 bits per heavy atom. The molecule has 2 N–H and O–H groups in total. The fourth-order valence-corrected chi connectivity index (χ4v) is 3.83. The molecule has 20 heavy (non-hydrogen) atoms. The summed E-state index contributed by atoms with van der Waals surface area (Å²) < 4.78 is 22.7. The third kappa shape index (κ3) is 5.36. The Labute approximate surface area is 119 Å². The molecule has 1 atom stereocenters. The number of hydrogen-bond donors (Lipinski definition) is 2. The second-order valence-electron chi connectivity index (χ2n) is 5.33. The molecule has 0 aromatic rings. The molecule has 0 radical (unpaired) electrons.